The van der Waals surface area contributed by atoms with Crippen molar-refractivity contribution in [2.45, 2.75) is 18.3 Å². The minimum absolute atomic E-state index is 0.0350. The van der Waals surface area contributed by atoms with Gasteiger partial charge in [-0.25, -0.2) is 4.39 Å². The second-order valence-electron chi connectivity index (χ2n) is 4.01. The molecule has 5 heteroatoms. The smallest absolute Gasteiger partial charge is 0.224 e. The van der Waals surface area contributed by atoms with Crippen LogP contribution >= 0.6 is 11.6 Å². The SMILES string of the molecule is COc1cccc(CN2CC(Cl)CC2=O)c1F. The van der Waals surface area contributed by atoms with Gasteiger partial charge in [-0.05, 0) is 6.07 Å². The Morgan fingerprint density at radius 1 is 1.59 bits per heavy atom. The summed E-state index contributed by atoms with van der Waals surface area (Å²) in [6.07, 6.45) is 0.327. The average molecular weight is 258 g/mol. The maximum absolute atomic E-state index is 13.9. The van der Waals surface area contributed by atoms with Crippen molar-refractivity contribution in [3.8, 4) is 5.75 Å². The quantitative estimate of drug-likeness (QED) is 0.777. The van der Waals surface area contributed by atoms with Gasteiger partial charge in [-0.3, -0.25) is 4.79 Å². The van der Waals surface area contributed by atoms with E-state index in [-0.39, 0.29) is 23.6 Å². The molecule has 1 amide bonds. The van der Waals surface area contributed by atoms with Crippen molar-refractivity contribution >= 4 is 17.5 Å². The summed E-state index contributed by atoms with van der Waals surface area (Å²) < 4.78 is 18.7. The largest absolute Gasteiger partial charge is 0.494 e. The fourth-order valence-electron chi connectivity index (χ4n) is 1.92. The second-order valence-corrected chi connectivity index (χ2v) is 4.63. The monoisotopic (exact) mass is 257 g/mol. The Kier molecular flexibility index (Phi) is 3.52. The molecule has 0 saturated carbocycles. The van der Waals surface area contributed by atoms with Crippen molar-refractivity contribution in [3.63, 3.8) is 0 Å². The number of likely N-dealkylation sites (tertiary alicyclic amines) is 1. The van der Waals surface area contributed by atoms with E-state index in [1.807, 2.05) is 0 Å². The zero-order valence-corrected chi connectivity index (χ0v) is 10.2. The highest BCUT2D eigenvalue weighted by atomic mass is 35.5. The molecule has 1 aliphatic heterocycles. The summed E-state index contributed by atoms with van der Waals surface area (Å²) in [6.45, 7) is 0.710. The lowest BCUT2D eigenvalue weighted by Gasteiger charge is -2.16. The van der Waals surface area contributed by atoms with E-state index < -0.39 is 5.82 Å². The molecule has 92 valence electrons. The zero-order valence-electron chi connectivity index (χ0n) is 9.45. The summed E-state index contributed by atoms with van der Waals surface area (Å²) in [5, 5.41) is -0.170. The molecule has 0 bridgehead atoms. The van der Waals surface area contributed by atoms with Gasteiger partial charge < -0.3 is 9.64 Å². The van der Waals surface area contributed by atoms with Crippen LogP contribution in [0.5, 0.6) is 5.75 Å². The van der Waals surface area contributed by atoms with Crippen LogP contribution in [0.25, 0.3) is 0 Å². The van der Waals surface area contributed by atoms with Gasteiger partial charge in [0, 0.05) is 25.1 Å². The number of nitrogens with zero attached hydrogens (tertiary/aromatic N) is 1. The summed E-state index contributed by atoms with van der Waals surface area (Å²) in [6, 6.07) is 4.90. The summed E-state index contributed by atoms with van der Waals surface area (Å²) in [5.41, 5.74) is 0.448. The lowest BCUT2D eigenvalue weighted by atomic mass is 10.2. The van der Waals surface area contributed by atoms with Crippen molar-refractivity contribution in [3.05, 3.63) is 29.6 Å². The molecule has 0 spiro atoms. The maximum atomic E-state index is 13.9. The van der Waals surface area contributed by atoms with Crippen molar-refractivity contribution in [1.29, 1.82) is 0 Å². The van der Waals surface area contributed by atoms with Crippen molar-refractivity contribution < 1.29 is 13.9 Å². The minimum Gasteiger partial charge on any atom is -0.494 e. The topological polar surface area (TPSA) is 29.5 Å². The molecule has 1 aliphatic rings. The lowest BCUT2D eigenvalue weighted by Crippen LogP contribution is -2.25. The van der Waals surface area contributed by atoms with E-state index in [0.29, 0.717) is 18.5 Å². The molecule has 1 aromatic carbocycles. The van der Waals surface area contributed by atoms with Crippen molar-refractivity contribution in [1.82, 2.24) is 4.90 Å². The number of halogens is 2. The van der Waals surface area contributed by atoms with Crippen LogP contribution in [0.4, 0.5) is 4.39 Å². The average Bonchev–Trinajstić information content (AvgIpc) is 2.60. The summed E-state index contributed by atoms with van der Waals surface area (Å²) >= 11 is 5.89. The first-order valence-electron chi connectivity index (χ1n) is 5.35. The molecular weight excluding hydrogens is 245 g/mol. The van der Waals surface area contributed by atoms with Gasteiger partial charge in [-0.2, -0.15) is 0 Å². The number of carbonyl (C=O) groups is 1. The Labute approximate surface area is 104 Å². The van der Waals surface area contributed by atoms with Crippen LogP contribution in [-0.4, -0.2) is 29.8 Å². The van der Waals surface area contributed by atoms with Crippen LogP contribution in [0.1, 0.15) is 12.0 Å². The van der Waals surface area contributed by atoms with Gasteiger partial charge in [0.15, 0.2) is 11.6 Å². The standard InChI is InChI=1S/C12H13ClFNO2/c1-17-10-4-2-3-8(12(10)14)6-15-7-9(13)5-11(15)16/h2-4,9H,5-7H2,1H3. The third-order valence-corrected chi connectivity index (χ3v) is 3.08. The van der Waals surface area contributed by atoms with Crippen LogP contribution in [0.15, 0.2) is 18.2 Å². The van der Waals surface area contributed by atoms with Gasteiger partial charge in [-0.15, -0.1) is 11.6 Å². The summed E-state index contributed by atoms with van der Waals surface area (Å²) in [4.78, 5) is 13.1. The van der Waals surface area contributed by atoms with Crippen molar-refractivity contribution in [2.75, 3.05) is 13.7 Å². The third kappa shape index (κ3) is 2.52. The van der Waals surface area contributed by atoms with Gasteiger partial charge in [-0.1, -0.05) is 12.1 Å². The molecule has 3 nitrogen and oxygen atoms in total. The van der Waals surface area contributed by atoms with Crippen LogP contribution in [0, 0.1) is 5.82 Å². The van der Waals surface area contributed by atoms with Gasteiger partial charge in [0.25, 0.3) is 0 Å². The predicted molar refractivity (Wildman–Crippen MR) is 62.6 cm³/mol. The number of amides is 1. The number of benzene rings is 1. The van der Waals surface area contributed by atoms with Crippen LogP contribution in [0.3, 0.4) is 0 Å². The first-order valence-corrected chi connectivity index (χ1v) is 5.78. The van der Waals surface area contributed by atoms with Crippen LogP contribution in [-0.2, 0) is 11.3 Å². The Bertz CT molecular complexity index is 439. The highest BCUT2D eigenvalue weighted by Crippen LogP contribution is 2.24. The van der Waals surface area contributed by atoms with E-state index in [1.54, 1.807) is 23.1 Å². The van der Waals surface area contributed by atoms with Gasteiger partial charge in [0.2, 0.25) is 5.91 Å². The number of alkyl halides is 1. The first-order chi connectivity index (χ1) is 8.11. The molecule has 0 aromatic heterocycles. The molecule has 1 heterocycles. The first kappa shape index (κ1) is 12.2. The fraction of sp³-hybridized carbons (Fsp3) is 0.417. The van der Waals surface area contributed by atoms with Gasteiger partial charge in [0.05, 0.1) is 12.5 Å². The predicted octanol–water partition coefficient (Wildman–Crippen LogP) is 2.17. The van der Waals surface area contributed by atoms with E-state index in [1.165, 1.54) is 7.11 Å². The number of hydrogen-bond acceptors (Lipinski definition) is 2. The molecule has 1 saturated heterocycles. The van der Waals surface area contributed by atoms with E-state index in [2.05, 4.69) is 0 Å². The minimum atomic E-state index is -0.416. The molecule has 17 heavy (non-hydrogen) atoms. The number of hydrogen-bond donors (Lipinski definition) is 0. The molecular formula is C12H13ClFNO2. The third-order valence-electron chi connectivity index (χ3n) is 2.79. The zero-order chi connectivity index (χ0) is 12.4. The van der Waals surface area contributed by atoms with E-state index >= 15 is 0 Å². The molecule has 0 radical (unpaired) electrons. The molecule has 0 N–H and O–H groups in total. The second kappa shape index (κ2) is 4.92. The van der Waals surface area contributed by atoms with Gasteiger partial charge in [0.1, 0.15) is 0 Å². The van der Waals surface area contributed by atoms with Crippen molar-refractivity contribution in [2.24, 2.45) is 0 Å². The summed E-state index contributed by atoms with van der Waals surface area (Å²) in [5.74, 6) is -0.260. The molecule has 1 fully saturated rings. The number of ether oxygens (including phenoxy) is 1. The fourth-order valence-corrected chi connectivity index (χ4v) is 2.22. The van der Waals surface area contributed by atoms with Crippen LogP contribution in [0.2, 0.25) is 0 Å². The summed E-state index contributed by atoms with van der Waals surface area (Å²) in [7, 11) is 1.41. The Hall–Kier alpha value is -1.29. The molecule has 0 aliphatic carbocycles. The highest BCUT2D eigenvalue weighted by Gasteiger charge is 2.28. The Balaban J connectivity index is 2.16. The Morgan fingerprint density at radius 3 is 2.94 bits per heavy atom. The lowest BCUT2D eigenvalue weighted by molar-refractivity contribution is -0.128. The molecule has 1 unspecified atom stereocenters. The number of carbonyl (C=O) groups excluding carboxylic acids is 1. The number of methoxy groups -OCH3 is 1. The number of rotatable bonds is 3. The van der Waals surface area contributed by atoms with E-state index in [4.69, 9.17) is 16.3 Å². The van der Waals surface area contributed by atoms with Crippen LogP contribution < -0.4 is 4.74 Å². The molecule has 2 rings (SSSR count). The molecule has 1 aromatic rings. The maximum Gasteiger partial charge on any atom is 0.224 e. The molecule has 1 atom stereocenters. The van der Waals surface area contributed by atoms with E-state index in [0.717, 1.165) is 0 Å². The normalized spacial score (nSPS) is 19.8. The van der Waals surface area contributed by atoms with Gasteiger partial charge >= 0.3 is 0 Å². The highest BCUT2D eigenvalue weighted by molar-refractivity contribution is 6.22. The van der Waals surface area contributed by atoms with E-state index in [9.17, 15) is 9.18 Å². The Morgan fingerprint density at radius 2 is 2.35 bits per heavy atom.